The van der Waals surface area contributed by atoms with E-state index in [1.165, 1.54) is 5.69 Å². The monoisotopic (exact) mass is 294 g/mol. The van der Waals surface area contributed by atoms with Crippen LogP contribution in [0.15, 0.2) is 29.3 Å². The minimum Gasteiger partial charge on any atom is -0.368 e. The summed E-state index contributed by atoms with van der Waals surface area (Å²) in [4.78, 5) is 9.24. The number of aliphatic imine (C=N–C) groups is 1. The van der Waals surface area contributed by atoms with E-state index >= 15 is 0 Å². The second kappa shape index (κ2) is 7.39. The molecule has 2 rings (SSSR count). The Balaban J connectivity index is 1.96. The van der Waals surface area contributed by atoms with Crippen molar-refractivity contribution in [1.82, 2.24) is 10.2 Å². The van der Waals surface area contributed by atoms with E-state index in [-0.39, 0.29) is 0 Å². The van der Waals surface area contributed by atoms with Gasteiger partial charge >= 0.3 is 0 Å². The highest BCUT2D eigenvalue weighted by Crippen LogP contribution is 2.20. The highest BCUT2D eigenvalue weighted by atomic mass is 35.5. The van der Waals surface area contributed by atoms with Crippen LogP contribution in [-0.4, -0.2) is 50.1 Å². The molecule has 0 radical (unpaired) electrons. The zero-order valence-electron chi connectivity index (χ0n) is 12.3. The average Bonchev–Trinajstić information content (AvgIpc) is 2.47. The van der Waals surface area contributed by atoms with E-state index in [1.54, 1.807) is 0 Å². The lowest BCUT2D eigenvalue weighted by Gasteiger charge is -2.37. The van der Waals surface area contributed by atoms with E-state index in [0.717, 1.165) is 50.3 Å². The van der Waals surface area contributed by atoms with Gasteiger partial charge in [-0.1, -0.05) is 17.7 Å². The standard InChI is InChI=1S/C15H23ClN4/c1-3-17-15(18-4-2)20-10-8-19(9-11-20)14-7-5-6-13(16)12-14/h5-7,12H,3-4,8-11H2,1-2H3,(H,17,18). The van der Waals surface area contributed by atoms with E-state index in [0.29, 0.717) is 0 Å². The van der Waals surface area contributed by atoms with Gasteiger partial charge in [0.15, 0.2) is 5.96 Å². The number of anilines is 1. The van der Waals surface area contributed by atoms with Crippen LogP contribution in [0.3, 0.4) is 0 Å². The largest absolute Gasteiger partial charge is 0.368 e. The zero-order chi connectivity index (χ0) is 14.4. The molecule has 20 heavy (non-hydrogen) atoms. The van der Waals surface area contributed by atoms with Gasteiger partial charge in [0, 0.05) is 50.0 Å². The van der Waals surface area contributed by atoms with Gasteiger partial charge in [0.1, 0.15) is 0 Å². The molecule has 5 heteroatoms. The Morgan fingerprint density at radius 2 is 2.00 bits per heavy atom. The van der Waals surface area contributed by atoms with Crippen LogP contribution in [0.1, 0.15) is 13.8 Å². The van der Waals surface area contributed by atoms with Gasteiger partial charge in [0.25, 0.3) is 0 Å². The van der Waals surface area contributed by atoms with Gasteiger partial charge in [-0.3, -0.25) is 4.99 Å². The lowest BCUT2D eigenvalue weighted by Crippen LogP contribution is -2.52. The molecule has 1 aliphatic heterocycles. The van der Waals surface area contributed by atoms with E-state index < -0.39 is 0 Å². The second-order valence-corrected chi connectivity index (χ2v) is 5.22. The number of benzene rings is 1. The Bertz CT molecular complexity index is 453. The maximum atomic E-state index is 6.06. The molecule has 0 bridgehead atoms. The van der Waals surface area contributed by atoms with Gasteiger partial charge < -0.3 is 15.1 Å². The Kier molecular flexibility index (Phi) is 5.53. The SMILES string of the molecule is CCN=C(NCC)N1CCN(c2cccc(Cl)c2)CC1. The quantitative estimate of drug-likeness (QED) is 0.686. The lowest BCUT2D eigenvalue weighted by molar-refractivity contribution is 0.373. The van der Waals surface area contributed by atoms with Gasteiger partial charge in [-0.25, -0.2) is 0 Å². The van der Waals surface area contributed by atoms with Crippen LogP contribution in [0.5, 0.6) is 0 Å². The molecule has 1 aliphatic rings. The number of guanidine groups is 1. The van der Waals surface area contributed by atoms with Crippen LogP contribution < -0.4 is 10.2 Å². The molecule has 1 N–H and O–H groups in total. The first-order valence-corrected chi connectivity index (χ1v) is 7.66. The van der Waals surface area contributed by atoms with Crippen molar-refractivity contribution >= 4 is 23.2 Å². The summed E-state index contributed by atoms with van der Waals surface area (Å²) in [6, 6.07) is 8.07. The van der Waals surface area contributed by atoms with Crippen LogP contribution in [0.4, 0.5) is 5.69 Å². The molecule has 0 spiro atoms. The molecular formula is C15H23ClN4. The molecule has 1 heterocycles. The smallest absolute Gasteiger partial charge is 0.194 e. The van der Waals surface area contributed by atoms with Gasteiger partial charge in [-0.05, 0) is 32.0 Å². The molecule has 0 atom stereocenters. The summed E-state index contributed by atoms with van der Waals surface area (Å²) in [6.07, 6.45) is 0. The predicted octanol–water partition coefficient (Wildman–Crippen LogP) is 2.45. The summed E-state index contributed by atoms with van der Waals surface area (Å²) < 4.78 is 0. The third kappa shape index (κ3) is 3.79. The fourth-order valence-electron chi connectivity index (χ4n) is 2.42. The van der Waals surface area contributed by atoms with Crippen LogP contribution in [0, 0.1) is 0 Å². The minimum absolute atomic E-state index is 0.797. The molecule has 1 aromatic rings. The van der Waals surface area contributed by atoms with Crippen molar-refractivity contribution in [2.75, 3.05) is 44.2 Å². The number of rotatable bonds is 3. The molecule has 0 aliphatic carbocycles. The normalized spacial score (nSPS) is 16.4. The number of hydrogen-bond acceptors (Lipinski definition) is 2. The Hall–Kier alpha value is -1.42. The van der Waals surface area contributed by atoms with Crippen molar-refractivity contribution in [2.24, 2.45) is 4.99 Å². The number of halogens is 1. The second-order valence-electron chi connectivity index (χ2n) is 4.78. The van der Waals surface area contributed by atoms with E-state index in [1.807, 2.05) is 18.2 Å². The van der Waals surface area contributed by atoms with Gasteiger partial charge in [-0.2, -0.15) is 0 Å². The minimum atomic E-state index is 0.797. The number of hydrogen-bond donors (Lipinski definition) is 1. The molecule has 1 fully saturated rings. The molecule has 110 valence electrons. The van der Waals surface area contributed by atoms with Crippen molar-refractivity contribution in [3.8, 4) is 0 Å². The first kappa shape index (κ1) is 15.0. The number of nitrogens with zero attached hydrogens (tertiary/aromatic N) is 3. The lowest BCUT2D eigenvalue weighted by atomic mass is 10.2. The van der Waals surface area contributed by atoms with Crippen molar-refractivity contribution < 1.29 is 0 Å². The Morgan fingerprint density at radius 3 is 2.60 bits per heavy atom. The molecule has 1 aromatic carbocycles. The van der Waals surface area contributed by atoms with Crippen molar-refractivity contribution in [1.29, 1.82) is 0 Å². The van der Waals surface area contributed by atoms with Crippen molar-refractivity contribution in [2.45, 2.75) is 13.8 Å². The van der Waals surface area contributed by atoms with E-state index in [4.69, 9.17) is 11.6 Å². The fraction of sp³-hybridized carbons (Fsp3) is 0.533. The highest BCUT2D eigenvalue weighted by molar-refractivity contribution is 6.30. The predicted molar refractivity (Wildman–Crippen MR) is 86.9 cm³/mol. The molecule has 0 amide bonds. The van der Waals surface area contributed by atoms with E-state index in [9.17, 15) is 0 Å². The summed E-state index contributed by atoms with van der Waals surface area (Å²) in [5.74, 6) is 1.03. The topological polar surface area (TPSA) is 30.9 Å². The number of piperazine rings is 1. The summed E-state index contributed by atoms with van der Waals surface area (Å²) in [7, 11) is 0. The molecule has 1 saturated heterocycles. The van der Waals surface area contributed by atoms with Crippen LogP contribution in [0.25, 0.3) is 0 Å². The Labute approximate surface area is 126 Å². The van der Waals surface area contributed by atoms with E-state index in [2.05, 4.69) is 40.0 Å². The Morgan fingerprint density at radius 1 is 1.25 bits per heavy atom. The highest BCUT2D eigenvalue weighted by Gasteiger charge is 2.19. The molecule has 0 saturated carbocycles. The van der Waals surface area contributed by atoms with Gasteiger partial charge in [0.2, 0.25) is 0 Å². The van der Waals surface area contributed by atoms with Crippen LogP contribution in [-0.2, 0) is 0 Å². The average molecular weight is 295 g/mol. The summed E-state index contributed by atoms with van der Waals surface area (Å²) in [5, 5.41) is 4.15. The maximum absolute atomic E-state index is 6.06. The molecule has 0 aromatic heterocycles. The summed E-state index contributed by atoms with van der Waals surface area (Å²) >= 11 is 6.06. The van der Waals surface area contributed by atoms with Crippen molar-refractivity contribution in [3.63, 3.8) is 0 Å². The van der Waals surface area contributed by atoms with Crippen LogP contribution in [0.2, 0.25) is 5.02 Å². The zero-order valence-corrected chi connectivity index (χ0v) is 13.0. The van der Waals surface area contributed by atoms with Gasteiger partial charge in [0.05, 0.1) is 0 Å². The third-order valence-electron chi connectivity index (χ3n) is 3.40. The molecular weight excluding hydrogens is 272 g/mol. The van der Waals surface area contributed by atoms with Gasteiger partial charge in [-0.15, -0.1) is 0 Å². The molecule has 0 unspecified atom stereocenters. The van der Waals surface area contributed by atoms with Crippen molar-refractivity contribution in [3.05, 3.63) is 29.3 Å². The summed E-state index contributed by atoms with van der Waals surface area (Å²) in [6.45, 7) is 9.86. The van der Waals surface area contributed by atoms with Crippen LogP contribution >= 0.6 is 11.6 Å². The first-order valence-electron chi connectivity index (χ1n) is 7.28. The summed E-state index contributed by atoms with van der Waals surface area (Å²) in [5.41, 5.74) is 1.20. The third-order valence-corrected chi connectivity index (χ3v) is 3.63. The fourth-order valence-corrected chi connectivity index (χ4v) is 2.61. The first-order chi connectivity index (χ1) is 9.74. The maximum Gasteiger partial charge on any atom is 0.194 e. The number of nitrogens with one attached hydrogen (secondary N) is 1. The molecule has 4 nitrogen and oxygen atoms in total.